The lowest BCUT2D eigenvalue weighted by Crippen LogP contribution is -2.50. The Bertz CT molecular complexity index is 644. The van der Waals surface area contributed by atoms with Crippen molar-refractivity contribution in [1.82, 2.24) is 14.8 Å². The van der Waals surface area contributed by atoms with E-state index < -0.39 is 5.95 Å². The summed E-state index contributed by atoms with van der Waals surface area (Å²) in [6, 6.07) is 3.18. The van der Waals surface area contributed by atoms with Gasteiger partial charge in [-0.25, -0.2) is 9.78 Å². The zero-order valence-corrected chi connectivity index (χ0v) is 14.7. The van der Waals surface area contributed by atoms with Gasteiger partial charge in [0.05, 0.1) is 11.6 Å². The number of likely N-dealkylation sites (tertiary alicyclic amines) is 1. The lowest BCUT2D eigenvalue weighted by atomic mass is 9.98. The highest BCUT2D eigenvalue weighted by atomic mass is 19.1. The highest BCUT2D eigenvalue weighted by Crippen LogP contribution is 2.27. The lowest BCUT2D eigenvalue weighted by Gasteiger charge is -2.38. The summed E-state index contributed by atoms with van der Waals surface area (Å²) in [4.78, 5) is 31.6. The van der Waals surface area contributed by atoms with Crippen molar-refractivity contribution >= 4 is 12.0 Å². The predicted molar refractivity (Wildman–Crippen MR) is 89.6 cm³/mol. The molecule has 1 atom stereocenters. The van der Waals surface area contributed by atoms with Gasteiger partial charge >= 0.3 is 6.09 Å². The van der Waals surface area contributed by atoms with E-state index in [2.05, 4.69) is 18.8 Å². The highest BCUT2D eigenvalue weighted by Gasteiger charge is 2.40. The van der Waals surface area contributed by atoms with E-state index in [1.165, 1.54) is 12.3 Å². The second kappa shape index (κ2) is 7.37. The second-order valence-corrected chi connectivity index (χ2v) is 7.13. The molecule has 6 nitrogen and oxygen atoms in total. The molecule has 0 aromatic carbocycles. The van der Waals surface area contributed by atoms with Crippen LogP contribution in [0, 0.1) is 11.9 Å². The number of carbonyl (C=O) groups is 2. The number of hydrogen-bond donors (Lipinski definition) is 0. The molecule has 0 N–H and O–H groups in total. The fraction of sp³-hybridized carbons (Fsp3) is 0.611. The molecular weight excluding hydrogens is 325 g/mol. The standard InChI is InChI=1S/C18H24FN3O3/c1-12(2)10-14-11-25-18(24)22(14)13-5-8-21(9-6-13)17(23)15-4-3-7-20-16(15)19/h3-4,7,12-14H,5-6,8-11H2,1-2H3. The molecule has 2 saturated heterocycles. The largest absolute Gasteiger partial charge is 0.447 e. The van der Waals surface area contributed by atoms with Gasteiger partial charge in [-0.2, -0.15) is 4.39 Å². The first kappa shape index (κ1) is 17.6. The smallest absolute Gasteiger partial charge is 0.410 e. The molecule has 0 spiro atoms. The van der Waals surface area contributed by atoms with Crippen LogP contribution < -0.4 is 0 Å². The fourth-order valence-electron chi connectivity index (χ4n) is 3.71. The number of rotatable bonds is 4. The lowest BCUT2D eigenvalue weighted by molar-refractivity contribution is 0.0625. The van der Waals surface area contributed by atoms with Crippen LogP contribution in [0.25, 0.3) is 0 Å². The molecule has 3 heterocycles. The molecule has 0 saturated carbocycles. The van der Waals surface area contributed by atoms with Crippen LogP contribution in [-0.2, 0) is 4.74 Å². The van der Waals surface area contributed by atoms with Gasteiger partial charge in [0.15, 0.2) is 0 Å². The van der Waals surface area contributed by atoms with Crippen LogP contribution in [0.3, 0.4) is 0 Å². The third kappa shape index (κ3) is 3.75. The Hall–Kier alpha value is -2.18. The average molecular weight is 349 g/mol. The van der Waals surface area contributed by atoms with Gasteiger partial charge < -0.3 is 9.64 Å². The minimum Gasteiger partial charge on any atom is -0.447 e. The number of aromatic nitrogens is 1. The van der Waals surface area contributed by atoms with Crippen LogP contribution in [0.2, 0.25) is 0 Å². The predicted octanol–water partition coefficient (Wildman–Crippen LogP) is 2.69. The first-order chi connectivity index (χ1) is 12.0. The molecule has 0 radical (unpaired) electrons. The van der Waals surface area contributed by atoms with E-state index in [1.807, 2.05) is 4.90 Å². The Kier molecular flexibility index (Phi) is 5.20. The molecule has 1 aromatic heterocycles. The third-order valence-electron chi connectivity index (χ3n) is 4.88. The zero-order chi connectivity index (χ0) is 18.0. The average Bonchev–Trinajstić information content (AvgIpc) is 2.94. The van der Waals surface area contributed by atoms with Crippen molar-refractivity contribution < 1.29 is 18.7 Å². The molecule has 25 heavy (non-hydrogen) atoms. The number of carbonyl (C=O) groups excluding carboxylic acids is 2. The topological polar surface area (TPSA) is 62.7 Å². The molecule has 1 unspecified atom stereocenters. The van der Waals surface area contributed by atoms with E-state index in [4.69, 9.17) is 4.74 Å². The van der Waals surface area contributed by atoms with E-state index in [0.29, 0.717) is 38.5 Å². The van der Waals surface area contributed by atoms with Crippen LogP contribution in [0.15, 0.2) is 18.3 Å². The van der Waals surface area contributed by atoms with E-state index >= 15 is 0 Å². The van der Waals surface area contributed by atoms with Crippen molar-refractivity contribution in [2.75, 3.05) is 19.7 Å². The Balaban J connectivity index is 1.62. The molecule has 2 amide bonds. The second-order valence-electron chi connectivity index (χ2n) is 7.13. The van der Waals surface area contributed by atoms with Gasteiger partial charge in [-0.15, -0.1) is 0 Å². The van der Waals surface area contributed by atoms with Gasteiger partial charge in [-0.1, -0.05) is 13.8 Å². The van der Waals surface area contributed by atoms with E-state index in [0.717, 1.165) is 6.42 Å². The van der Waals surface area contributed by atoms with Gasteiger partial charge in [0.2, 0.25) is 5.95 Å². The molecule has 0 aliphatic carbocycles. The van der Waals surface area contributed by atoms with Crippen molar-refractivity contribution in [2.24, 2.45) is 5.92 Å². The van der Waals surface area contributed by atoms with Gasteiger partial charge in [0.1, 0.15) is 6.61 Å². The van der Waals surface area contributed by atoms with Gasteiger partial charge in [-0.3, -0.25) is 9.69 Å². The van der Waals surface area contributed by atoms with Crippen molar-refractivity contribution in [3.63, 3.8) is 0 Å². The summed E-state index contributed by atoms with van der Waals surface area (Å²) < 4.78 is 19.0. The first-order valence-electron chi connectivity index (χ1n) is 8.82. The molecule has 0 bridgehead atoms. The number of piperidine rings is 1. The zero-order valence-electron chi connectivity index (χ0n) is 14.7. The summed E-state index contributed by atoms with van der Waals surface area (Å²) in [6.07, 6.45) is 3.33. The van der Waals surface area contributed by atoms with Crippen LogP contribution in [-0.4, -0.2) is 58.6 Å². The van der Waals surface area contributed by atoms with Gasteiger partial charge in [-0.05, 0) is 37.3 Å². The van der Waals surface area contributed by atoms with Crippen LogP contribution >= 0.6 is 0 Å². The number of ether oxygens (including phenoxy) is 1. The van der Waals surface area contributed by atoms with E-state index in [9.17, 15) is 14.0 Å². The summed E-state index contributed by atoms with van der Waals surface area (Å²) in [5, 5.41) is 0. The monoisotopic (exact) mass is 349 g/mol. The number of nitrogens with zero attached hydrogens (tertiary/aromatic N) is 3. The summed E-state index contributed by atoms with van der Waals surface area (Å²) >= 11 is 0. The fourth-order valence-corrected chi connectivity index (χ4v) is 3.71. The number of pyridine rings is 1. The normalized spacial score (nSPS) is 21.8. The van der Waals surface area contributed by atoms with Crippen LogP contribution in [0.5, 0.6) is 0 Å². The van der Waals surface area contributed by atoms with E-state index in [1.54, 1.807) is 11.0 Å². The SMILES string of the molecule is CC(C)CC1COC(=O)N1C1CCN(C(=O)c2cccnc2F)CC1. The van der Waals surface area contributed by atoms with Crippen molar-refractivity contribution in [1.29, 1.82) is 0 Å². The molecule has 7 heteroatoms. The molecule has 1 aromatic rings. The Morgan fingerprint density at radius 3 is 2.76 bits per heavy atom. The number of hydrogen-bond acceptors (Lipinski definition) is 4. The molecule has 3 rings (SSSR count). The summed E-state index contributed by atoms with van der Waals surface area (Å²) in [6.45, 7) is 5.69. The minimum absolute atomic E-state index is 0.000725. The quantitative estimate of drug-likeness (QED) is 0.784. The van der Waals surface area contributed by atoms with Crippen molar-refractivity contribution in [3.8, 4) is 0 Å². The molecular formula is C18H24FN3O3. The molecule has 2 aliphatic heterocycles. The molecule has 2 aliphatic rings. The maximum atomic E-state index is 13.7. The maximum absolute atomic E-state index is 13.7. The molecule has 136 valence electrons. The Morgan fingerprint density at radius 2 is 2.12 bits per heavy atom. The number of amides is 2. The van der Waals surface area contributed by atoms with Crippen molar-refractivity contribution in [2.45, 2.75) is 45.2 Å². The van der Waals surface area contributed by atoms with Crippen LogP contribution in [0.1, 0.15) is 43.5 Å². The minimum atomic E-state index is -0.741. The first-order valence-corrected chi connectivity index (χ1v) is 8.82. The van der Waals surface area contributed by atoms with Gasteiger partial charge in [0, 0.05) is 25.3 Å². The Labute approximate surface area is 147 Å². The number of cyclic esters (lactones) is 1. The molecule has 2 fully saturated rings. The third-order valence-corrected chi connectivity index (χ3v) is 4.88. The van der Waals surface area contributed by atoms with Gasteiger partial charge in [0.25, 0.3) is 5.91 Å². The summed E-state index contributed by atoms with van der Waals surface area (Å²) in [7, 11) is 0. The van der Waals surface area contributed by atoms with Crippen molar-refractivity contribution in [3.05, 3.63) is 29.8 Å². The summed E-state index contributed by atoms with van der Waals surface area (Å²) in [5.41, 5.74) is -0.000725. The Morgan fingerprint density at radius 1 is 1.40 bits per heavy atom. The maximum Gasteiger partial charge on any atom is 0.410 e. The van der Waals surface area contributed by atoms with Crippen LogP contribution in [0.4, 0.5) is 9.18 Å². The summed E-state index contributed by atoms with van der Waals surface area (Å²) in [5.74, 6) is -0.598. The highest BCUT2D eigenvalue weighted by molar-refractivity contribution is 5.94. The van der Waals surface area contributed by atoms with E-state index in [-0.39, 0.29) is 29.6 Å². The number of halogens is 1.